The molecule has 15 heavy (non-hydrogen) atoms. The maximum Gasteiger partial charge on any atom is 0.357 e. The summed E-state index contributed by atoms with van der Waals surface area (Å²) in [6, 6.07) is 0. The molecule has 1 aromatic rings. The molecule has 0 saturated heterocycles. The summed E-state index contributed by atoms with van der Waals surface area (Å²) in [5, 5.41) is -0.460. The smallest absolute Gasteiger partial charge is 0.357 e. The number of rotatable bonds is 2. The maximum atomic E-state index is 11.2. The number of sulfone groups is 1. The minimum atomic E-state index is -3.52. The zero-order valence-corrected chi connectivity index (χ0v) is 9.89. The first-order valence-corrected chi connectivity index (χ1v) is 6.06. The third-order valence-electron chi connectivity index (χ3n) is 1.72. The Morgan fingerprint density at radius 1 is 1.53 bits per heavy atom. The SMILES string of the molecule is COC(=O)c1c(Cl)nc(S(C)(=O)=O)n1C. The lowest BCUT2D eigenvalue weighted by Gasteiger charge is -2.02. The fraction of sp³-hybridized carbons (Fsp3) is 0.429. The zero-order chi connectivity index (χ0) is 11.8. The number of hydrogen-bond donors (Lipinski definition) is 0. The molecule has 0 aliphatic rings. The Morgan fingerprint density at radius 2 is 2.07 bits per heavy atom. The van der Waals surface area contributed by atoms with Crippen molar-refractivity contribution >= 4 is 27.4 Å². The number of carbonyl (C=O) groups excluding carboxylic acids is 1. The van der Waals surface area contributed by atoms with Crippen molar-refractivity contribution in [2.24, 2.45) is 7.05 Å². The molecular weight excluding hydrogens is 244 g/mol. The Labute approximate surface area is 91.7 Å². The first-order valence-electron chi connectivity index (χ1n) is 3.79. The molecule has 84 valence electrons. The summed E-state index contributed by atoms with van der Waals surface area (Å²) < 4.78 is 28.0. The number of imidazole rings is 1. The van der Waals surface area contributed by atoms with Crippen LogP contribution in [0.5, 0.6) is 0 Å². The first kappa shape index (κ1) is 12.0. The van der Waals surface area contributed by atoms with Crippen LogP contribution in [0.15, 0.2) is 5.16 Å². The summed E-state index contributed by atoms with van der Waals surface area (Å²) in [7, 11) is -0.968. The normalized spacial score (nSPS) is 11.5. The summed E-state index contributed by atoms with van der Waals surface area (Å²) in [6.07, 6.45) is 0.979. The molecule has 0 amide bonds. The Morgan fingerprint density at radius 3 is 2.40 bits per heavy atom. The van der Waals surface area contributed by atoms with Gasteiger partial charge in [-0.1, -0.05) is 11.6 Å². The van der Waals surface area contributed by atoms with Gasteiger partial charge in [0, 0.05) is 13.3 Å². The molecule has 0 N–H and O–H groups in total. The topological polar surface area (TPSA) is 78.3 Å². The van der Waals surface area contributed by atoms with Crippen LogP contribution in [0.25, 0.3) is 0 Å². The molecule has 0 aromatic carbocycles. The minimum absolute atomic E-state index is 0.0837. The van der Waals surface area contributed by atoms with E-state index >= 15 is 0 Å². The van der Waals surface area contributed by atoms with E-state index in [1.54, 1.807) is 0 Å². The van der Waals surface area contributed by atoms with E-state index < -0.39 is 15.8 Å². The third-order valence-corrected chi connectivity index (χ3v) is 3.01. The number of hydrogen-bond acceptors (Lipinski definition) is 5. The van der Waals surface area contributed by atoms with Crippen molar-refractivity contribution in [1.29, 1.82) is 0 Å². The monoisotopic (exact) mass is 252 g/mol. The molecule has 0 unspecified atom stereocenters. The molecule has 1 heterocycles. The second-order valence-corrected chi connectivity index (χ2v) is 5.12. The highest BCUT2D eigenvalue weighted by Gasteiger charge is 2.25. The van der Waals surface area contributed by atoms with Crippen molar-refractivity contribution in [2.75, 3.05) is 13.4 Å². The number of esters is 1. The van der Waals surface area contributed by atoms with Crippen LogP contribution >= 0.6 is 11.6 Å². The number of aromatic nitrogens is 2. The molecule has 1 aromatic heterocycles. The molecule has 0 bridgehead atoms. The highest BCUT2D eigenvalue weighted by Crippen LogP contribution is 2.19. The Hall–Kier alpha value is -1.08. The number of methoxy groups -OCH3 is 1. The molecule has 0 aliphatic heterocycles. The average Bonchev–Trinajstić information content (AvgIpc) is 2.40. The highest BCUT2D eigenvalue weighted by atomic mass is 35.5. The van der Waals surface area contributed by atoms with Crippen LogP contribution in [0.3, 0.4) is 0 Å². The second-order valence-electron chi connectivity index (χ2n) is 2.86. The maximum absolute atomic E-state index is 11.2. The average molecular weight is 253 g/mol. The largest absolute Gasteiger partial charge is 0.464 e. The lowest BCUT2D eigenvalue weighted by molar-refractivity contribution is 0.0589. The van der Waals surface area contributed by atoms with E-state index in [2.05, 4.69) is 9.72 Å². The van der Waals surface area contributed by atoms with Gasteiger partial charge in [0.1, 0.15) is 0 Å². The van der Waals surface area contributed by atoms with Crippen LogP contribution in [-0.2, 0) is 21.6 Å². The van der Waals surface area contributed by atoms with Gasteiger partial charge in [-0.15, -0.1) is 0 Å². The van der Waals surface area contributed by atoms with E-state index in [9.17, 15) is 13.2 Å². The fourth-order valence-corrected chi connectivity index (χ4v) is 2.28. The van der Waals surface area contributed by atoms with Crippen LogP contribution in [-0.4, -0.2) is 37.3 Å². The lowest BCUT2D eigenvalue weighted by atomic mass is 10.5. The molecule has 0 saturated carbocycles. The van der Waals surface area contributed by atoms with Gasteiger partial charge < -0.3 is 9.30 Å². The summed E-state index contributed by atoms with van der Waals surface area (Å²) in [5.74, 6) is -0.732. The number of halogens is 1. The minimum Gasteiger partial charge on any atom is -0.464 e. The predicted molar refractivity (Wildman–Crippen MR) is 52.7 cm³/mol. The Kier molecular flexibility index (Phi) is 3.05. The van der Waals surface area contributed by atoms with Crippen LogP contribution < -0.4 is 0 Å². The molecule has 0 spiro atoms. The van der Waals surface area contributed by atoms with Crippen molar-refractivity contribution in [3.63, 3.8) is 0 Å². The number of ether oxygens (including phenoxy) is 1. The van der Waals surface area contributed by atoms with Crippen LogP contribution in [0.4, 0.5) is 0 Å². The van der Waals surface area contributed by atoms with Gasteiger partial charge in [-0.2, -0.15) is 0 Å². The van der Waals surface area contributed by atoms with Gasteiger partial charge in [-0.25, -0.2) is 18.2 Å². The number of nitrogens with zero attached hydrogens (tertiary/aromatic N) is 2. The lowest BCUT2D eigenvalue weighted by Crippen LogP contribution is -2.12. The van der Waals surface area contributed by atoms with Gasteiger partial charge in [-0.05, 0) is 0 Å². The number of carbonyl (C=O) groups is 1. The van der Waals surface area contributed by atoms with E-state index in [0.29, 0.717) is 0 Å². The Bertz CT molecular complexity index is 505. The Balaban J connectivity index is 3.47. The van der Waals surface area contributed by atoms with E-state index in [4.69, 9.17) is 11.6 Å². The van der Waals surface area contributed by atoms with Crippen molar-refractivity contribution < 1.29 is 17.9 Å². The van der Waals surface area contributed by atoms with Crippen LogP contribution in [0, 0.1) is 0 Å². The van der Waals surface area contributed by atoms with Gasteiger partial charge in [0.15, 0.2) is 10.8 Å². The second kappa shape index (κ2) is 3.82. The van der Waals surface area contributed by atoms with Gasteiger partial charge >= 0.3 is 5.97 Å². The molecule has 6 nitrogen and oxygen atoms in total. The van der Waals surface area contributed by atoms with E-state index in [-0.39, 0.29) is 16.0 Å². The third kappa shape index (κ3) is 2.13. The summed E-state index contributed by atoms with van der Waals surface area (Å²) >= 11 is 5.63. The van der Waals surface area contributed by atoms with Gasteiger partial charge in [-0.3, -0.25) is 0 Å². The highest BCUT2D eigenvalue weighted by molar-refractivity contribution is 7.90. The van der Waals surface area contributed by atoms with Crippen LogP contribution in [0.2, 0.25) is 5.15 Å². The molecule has 1 rings (SSSR count). The standard InChI is InChI=1S/C7H9ClN2O4S/c1-10-4(6(11)14-2)5(8)9-7(10)15(3,12)13/h1-3H3. The molecular formula is C7H9ClN2O4S. The summed E-state index contributed by atoms with van der Waals surface area (Å²) in [5.41, 5.74) is -0.0837. The van der Waals surface area contributed by atoms with E-state index in [1.165, 1.54) is 14.2 Å². The first-order chi connectivity index (χ1) is 6.79. The molecule has 0 aliphatic carbocycles. The quantitative estimate of drug-likeness (QED) is 0.706. The van der Waals surface area contributed by atoms with E-state index in [1.807, 2.05) is 0 Å². The zero-order valence-electron chi connectivity index (χ0n) is 8.31. The van der Waals surface area contributed by atoms with Crippen LogP contribution in [0.1, 0.15) is 10.5 Å². The summed E-state index contributed by atoms with van der Waals surface area (Å²) in [4.78, 5) is 14.8. The van der Waals surface area contributed by atoms with E-state index in [0.717, 1.165) is 10.8 Å². The van der Waals surface area contributed by atoms with Gasteiger partial charge in [0.25, 0.3) is 0 Å². The van der Waals surface area contributed by atoms with Gasteiger partial charge in [0.2, 0.25) is 15.0 Å². The molecule has 0 fully saturated rings. The molecule has 0 atom stereocenters. The van der Waals surface area contributed by atoms with Crippen molar-refractivity contribution in [1.82, 2.24) is 9.55 Å². The molecule has 8 heteroatoms. The van der Waals surface area contributed by atoms with Crippen molar-refractivity contribution in [3.05, 3.63) is 10.8 Å². The van der Waals surface area contributed by atoms with Crippen molar-refractivity contribution in [3.8, 4) is 0 Å². The molecule has 0 radical (unpaired) electrons. The fourth-order valence-electron chi connectivity index (χ4n) is 1.10. The predicted octanol–water partition coefficient (Wildman–Crippen LogP) is 0.264. The summed E-state index contributed by atoms with van der Waals surface area (Å²) in [6.45, 7) is 0. The van der Waals surface area contributed by atoms with Crippen molar-refractivity contribution in [2.45, 2.75) is 5.16 Å². The van der Waals surface area contributed by atoms with Gasteiger partial charge in [0.05, 0.1) is 7.11 Å².